The van der Waals surface area contributed by atoms with E-state index in [-0.39, 0.29) is 6.61 Å². The largest absolute Gasteiger partial charge is 0.449 e. The summed E-state index contributed by atoms with van der Waals surface area (Å²) >= 11 is 15.8. The predicted molar refractivity (Wildman–Crippen MR) is 66.6 cm³/mol. The number of nitrogens with one attached hydrogen (secondary N) is 1. The molecule has 1 amide bonds. The molecule has 0 saturated carbocycles. The molecule has 7 heteroatoms. The van der Waals surface area contributed by atoms with Crippen LogP contribution in [-0.2, 0) is 16.1 Å². The molecule has 1 rings (SSSR count). The van der Waals surface area contributed by atoms with Gasteiger partial charge in [0.25, 0.3) is 5.91 Å². The molecule has 92 valence electrons. The first kappa shape index (κ1) is 14.1. The van der Waals surface area contributed by atoms with Crippen LogP contribution in [0.4, 0.5) is 10.5 Å². The molecule has 4 nitrogen and oxygen atoms in total. The van der Waals surface area contributed by atoms with Crippen LogP contribution >= 0.6 is 34.8 Å². The van der Waals surface area contributed by atoms with E-state index in [1.165, 1.54) is 0 Å². The maximum Gasteiger partial charge on any atom is 0.404 e. The van der Waals surface area contributed by atoms with Crippen molar-refractivity contribution in [2.45, 2.75) is 11.4 Å². The Bertz CT molecular complexity index is 406. The third-order valence-electron chi connectivity index (χ3n) is 1.77. The second-order valence-electron chi connectivity index (χ2n) is 3.01. The summed E-state index contributed by atoms with van der Waals surface area (Å²) in [6, 6.07) is 6.61. The fraction of sp³-hybridized carbons (Fsp3) is 0.200. The van der Waals surface area contributed by atoms with Crippen molar-refractivity contribution in [2.24, 2.45) is 0 Å². The summed E-state index contributed by atoms with van der Waals surface area (Å²) in [5, 5.41) is 2.50. The average Bonchev–Trinajstić information content (AvgIpc) is 2.28. The first-order chi connectivity index (χ1) is 7.99. The van der Waals surface area contributed by atoms with Crippen molar-refractivity contribution in [1.29, 1.82) is 0 Å². The number of ether oxygens (including phenoxy) is 1. The highest BCUT2D eigenvalue weighted by molar-refractivity contribution is 6.61. The Morgan fingerprint density at radius 1 is 1.24 bits per heavy atom. The van der Waals surface area contributed by atoms with Gasteiger partial charge in [0.2, 0.25) is 0 Å². The van der Waals surface area contributed by atoms with Gasteiger partial charge in [0.1, 0.15) is 6.61 Å². The van der Waals surface area contributed by atoms with Crippen LogP contribution in [-0.4, -0.2) is 16.2 Å². The lowest BCUT2D eigenvalue weighted by Gasteiger charge is -2.06. The Balaban J connectivity index is 2.56. The first-order valence-electron chi connectivity index (χ1n) is 4.49. The van der Waals surface area contributed by atoms with Crippen molar-refractivity contribution in [1.82, 2.24) is 0 Å². The highest BCUT2D eigenvalue weighted by Crippen LogP contribution is 2.13. The van der Waals surface area contributed by atoms with E-state index >= 15 is 0 Å². The summed E-state index contributed by atoms with van der Waals surface area (Å²) in [4.78, 5) is 20.4. The van der Waals surface area contributed by atoms with Crippen molar-refractivity contribution in [3.63, 3.8) is 0 Å². The van der Waals surface area contributed by atoms with Gasteiger partial charge in [0.05, 0.1) is 0 Å². The summed E-state index contributed by atoms with van der Waals surface area (Å²) in [7, 11) is 0. The van der Waals surface area contributed by atoms with Gasteiger partial charge in [-0.15, -0.1) is 0 Å². The molecule has 0 saturated heterocycles. The van der Waals surface area contributed by atoms with E-state index < -0.39 is 16.2 Å². The predicted octanol–water partition coefficient (Wildman–Crippen LogP) is 3.30. The number of carbonyl (C=O) groups is 2. The summed E-state index contributed by atoms with van der Waals surface area (Å²) in [6.07, 6.45) is 0. The molecule has 1 aromatic rings. The third kappa shape index (κ3) is 5.26. The normalized spacial score (nSPS) is 10.1. The van der Waals surface area contributed by atoms with Crippen molar-refractivity contribution in [3.8, 4) is 0 Å². The van der Waals surface area contributed by atoms with Gasteiger partial charge in [-0.1, -0.05) is 35.3 Å². The van der Waals surface area contributed by atoms with Gasteiger partial charge in [-0.25, -0.2) is 4.79 Å². The van der Waals surface area contributed by atoms with Crippen molar-refractivity contribution < 1.29 is 14.3 Å². The summed E-state index contributed by atoms with van der Waals surface area (Å²) in [6.45, 7) is 0.0736. The highest BCUT2D eigenvalue weighted by atomic mass is 35.5. The van der Waals surface area contributed by atoms with Gasteiger partial charge in [-0.3, -0.25) is 4.79 Å². The molecule has 0 spiro atoms. The van der Waals surface area contributed by atoms with Crippen molar-refractivity contribution >= 4 is 51.8 Å². The maximum absolute atomic E-state index is 11.2. The molecule has 1 N–H and O–H groups in total. The summed E-state index contributed by atoms with van der Waals surface area (Å²) in [5.74, 6) is -0.506. The van der Waals surface area contributed by atoms with Gasteiger partial charge >= 0.3 is 5.43 Å². The standard InChI is InChI=1S/C10H8Cl3NO3/c11-8(12)9(15)14-7-3-1-6(2-4-7)5-17-10(13)16/h1-4,8H,5H2,(H,14,15). The third-order valence-corrected chi connectivity index (χ3v) is 2.28. The van der Waals surface area contributed by atoms with Crippen LogP contribution in [0, 0.1) is 0 Å². The number of carbonyl (C=O) groups excluding carboxylic acids is 2. The smallest absolute Gasteiger partial charge is 0.404 e. The Hall–Kier alpha value is -0.970. The van der Waals surface area contributed by atoms with Crippen LogP contribution in [0.3, 0.4) is 0 Å². The average molecular weight is 297 g/mol. The van der Waals surface area contributed by atoms with E-state index in [1.807, 2.05) is 0 Å². The number of hydrogen-bond acceptors (Lipinski definition) is 3. The molecule has 1 aromatic carbocycles. The zero-order valence-corrected chi connectivity index (χ0v) is 10.7. The number of halogens is 3. The molecule has 0 bridgehead atoms. The van der Waals surface area contributed by atoms with Crippen LogP contribution < -0.4 is 5.32 Å². The molecule has 0 aliphatic heterocycles. The van der Waals surface area contributed by atoms with Crippen LogP contribution in [0.2, 0.25) is 0 Å². The minimum Gasteiger partial charge on any atom is -0.449 e. The molecule has 0 unspecified atom stereocenters. The summed E-state index contributed by atoms with van der Waals surface area (Å²) < 4.78 is 4.58. The molecular formula is C10H8Cl3NO3. The number of anilines is 1. The Morgan fingerprint density at radius 3 is 2.29 bits per heavy atom. The molecule has 0 heterocycles. The van der Waals surface area contributed by atoms with Gasteiger partial charge in [0, 0.05) is 17.3 Å². The number of hydrogen-bond donors (Lipinski definition) is 1. The Morgan fingerprint density at radius 2 is 1.82 bits per heavy atom. The molecule has 17 heavy (non-hydrogen) atoms. The van der Waals surface area contributed by atoms with E-state index in [0.29, 0.717) is 5.69 Å². The molecular weight excluding hydrogens is 288 g/mol. The van der Waals surface area contributed by atoms with E-state index in [9.17, 15) is 9.59 Å². The van der Waals surface area contributed by atoms with Crippen LogP contribution in [0.25, 0.3) is 0 Å². The number of amides is 1. The van der Waals surface area contributed by atoms with E-state index in [1.54, 1.807) is 24.3 Å². The van der Waals surface area contributed by atoms with Gasteiger partial charge in [-0.05, 0) is 17.7 Å². The maximum atomic E-state index is 11.2. The van der Waals surface area contributed by atoms with Gasteiger partial charge in [-0.2, -0.15) is 0 Å². The SMILES string of the molecule is O=C(Cl)OCc1ccc(NC(=O)C(Cl)Cl)cc1. The first-order valence-corrected chi connectivity index (χ1v) is 5.74. The quantitative estimate of drug-likeness (QED) is 0.685. The summed E-state index contributed by atoms with van der Waals surface area (Å²) in [5.41, 5.74) is 0.419. The minimum atomic E-state index is -1.12. The lowest BCUT2D eigenvalue weighted by molar-refractivity contribution is -0.114. The van der Waals surface area contributed by atoms with E-state index in [0.717, 1.165) is 5.56 Å². The monoisotopic (exact) mass is 295 g/mol. The van der Waals surface area contributed by atoms with E-state index in [4.69, 9.17) is 34.8 Å². The topological polar surface area (TPSA) is 55.4 Å². The molecule has 0 aliphatic rings. The number of alkyl halides is 2. The second-order valence-corrected chi connectivity index (χ2v) is 4.42. The fourth-order valence-corrected chi connectivity index (χ4v) is 1.18. The van der Waals surface area contributed by atoms with Crippen molar-refractivity contribution in [2.75, 3.05) is 5.32 Å². The lowest BCUT2D eigenvalue weighted by atomic mass is 10.2. The molecule has 0 aliphatic carbocycles. The van der Waals surface area contributed by atoms with E-state index in [2.05, 4.69) is 10.1 Å². The minimum absolute atomic E-state index is 0.0736. The Labute approximate surface area is 113 Å². The molecule has 0 atom stereocenters. The zero-order chi connectivity index (χ0) is 12.8. The number of benzene rings is 1. The molecule has 0 radical (unpaired) electrons. The lowest BCUT2D eigenvalue weighted by Crippen LogP contribution is -2.18. The van der Waals surface area contributed by atoms with Crippen LogP contribution in [0.15, 0.2) is 24.3 Å². The molecule has 0 aromatic heterocycles. The zero-order valence-electron chi connectivity index (χ0n) is 8.45. The van der Waals surface area contributed by atoms with Crippen molar-refractivity contribution in [3.05, 3.63) is 29.8 Å². The number of rotatable bonds is 4. The molecule has 0 fully saturated rings. The second kappa shape index (κ2) is 6.69. The van der Waals surface area contributed by atoms with Crippen LogP contribution in [0.1, 0.15) is 5.56 Å². The van der Waals surface area contributed by atoms with Crippen LogP contribution in [0.5, 0.6) is 0 Å². The highest BCUT2D eigenvalue weighted by Gasteiger charge is 2.10. The van der Waals surface area contributed by atoms with Gasteiger partial charge in [0.15, 0.2) is 4.84 Å². The van der Waals surface area contributed by atoms with Gasteiger partial charge < -0.3 is 10.1 Å². The Kier molecular flexibility index (Phi) is 5.55. The fourth-order valence-electron chi connectivity index (χ4n) is 1.02.